The van der Waals surface area contributed by atoms with Crippen LogP contribution in [0, 0.1) is 11.3 Å². The monoisotopic (exact) mass is 513 g/mol. The van der Waals surface area contributed by atoms with Gasteiger partial charge in [-0.3, -0.25) is 9.59 Å². The topological polar surface area (TPSA) is 75.4 Å². The Morgan fingerprint density at radius 3 is 2.49 bits per heavy atom. The second kappa shape index (κ2) is 9.50. The van der Waals surface area contributed by atoms with Crippen LogP contribution < -0.4 is 0 Å². The van der Waals surface area contributed by atoms with Crippen molar-refractivity contribution in [1.29, 1.82) is 0 Å². The minimum absolute atomic E-state index is 0.0638. The number of carboxylic acid groups (broad SMARTS) is 1. The summed E-state index contributed by atoms with van der Waals surface area (Å²) in [4.78, 5) is 31.2. The number of rotatable bonds is 5. The molecule has 3 heterocycles. The van der Waals surface area contributed by atoms with Crippen molar-refractivity contribution in [1.82, 2.24) is 14.5 Å². The van der Waals surface area contributed by atoms with Crippen LogP contribution in [0.3, 0.4) is 0 Å². The number of carboxylic acids is 1. The lowest BCUT2D eigenvalue weighted by molar-refractivity contribution is -0.150. The maximum atomic E-state index is 13.3. The molecule has 3 aromatic rings. The third-order valence-corrected chi connectivity index (χ3v) is 8.18. The van der Waals surface area contributed by atoms with Gasteiger partial charge in [-0.2, -0.15) is 13.2 Å². The van der Waals surface area contributed by atoms with E-state index in [1.165, 1.54) is 12.1 Å². The fourth-order valence-corrected chi connectivity index (χ4v) is 5.73. The van der Waals surface area contributed by atoms with E-state index in [-0.39, 0.29) is 11.8 Å². The molecule has 6 nitrogen and oxygen atoms in total. The van der Waals surface area contributed by atoms with Gasteiger partial charge in [0.2, 0.25) is 5.91 Å². The molecule has 1 N–H and O–H groups in total. The van der Waals surface area contributed by atoms with E-state index in [4.69, 9.17) is 0 Å². The number of hydrogen-bond donors (Lipinski definition) is 1. The zero-order valence-electron chi connectivity index (χ0n) is 20.7. The van der Waals surface area contributed by atoms with Crippen LogP contribution in [0.4, 0.5) is 13.2 Å². The summed E-state index contributed by atoms with van der Waals surface area (Å²) in [7, 11) is 0. The Hall–Kier alpha value is -3.36. The molecule has 1 aliphatic heterocycles. The molecule has 9 heteroatoms. The maximum Gasteiger partial charge on any atom is 0.416 e. The van der Waals surface area contributed by atoms with Gasteiger partial charge in [0, 0.05) is 36.8 Å². The molecule has 1 fully saturated rings. The van der Waals surface area contributed by atoms with Crippen LogP contribution in [0.15, 0.2) is 42.6 Å². The second-order valence-corrected chi connectivity index (χ2v) is 10.7. The Balaban J connectivity index is 1.34. The smallest absolute Gasteiger partial charge is 0.416 e. The minimum atomic E-state index is -4.38. The van der Waals surface area contributed by atoms with Crippen molar-refractivity contribution in [3.8, 4) is 0 Å². The fourth-order valence-electron chi connectivity index (χ4n) is 5.73. The van der Waals surface area contributed by atoms with Crippen LogP contribution in [0.25, 0.3) is 11.0 Å². The van der Waals surface area contributed by atoms with Crippen LogP contribution in [-0.4, -0.2) is 38.0 Å². The van der Waals surface area contributed by atoms with Gasteiger partial charge in [-0.25, -0.2) is 4.98 Å². The Labute approximate surface area is 213 Å². The van der Waals surface area contributed by atoms with Crippen LogP contribution in [0.2, 0.25) is 0 Å². The zero-order valence-corrected chi connectivity index (χ0v) is 20.7. The zero-order chi connectivity index (χ0) is 26.4. The van der Waals surface area contributed by atoms with Gasteiger partial charge in [-0.05, 0) is 80.3 Å². The Morgan fingerprint density at radius 1 is 1.14 bits per heavy atom. The van der Waals surface area contributed by atoms with Crippen molar-refractivity contribution in [2.24, 2.45) is 11.3 Å². The van der Waals surface area contributed by atoms with Gasteiger partial charge in [-0.1, -0.05) is 12.1 Å². The van der Waals surface area contributed by atoms with Gasteiger partial charge in [-0.15, -0.1) is 0 Å². The summed E-state index contributed by atoms with van der Waals surface area (Å²) in [6, 6.07) is 9.04. The van der Waals surface area contributed by atoms with Gasteiger partial charge in [0.05, 0.1) is 17.5 Å². The highest BCUT2D eigenvalue weighted by atomic mass is 19.4. The lowest BCUT2D eigenvalue weighted by atomic mass is 9.71. The number of pyridine rings is 1. The molecule has 196 valence electrons. The number of nitrogens with zero attached hydrogens (tertiary/aromatic N) is 3. The summed E-state index contributed by atoms with van der Waals surface area (Å²) in [6.07, 6.45) is 1.03. The molecule has 2 aliphatic rings. The van der Waals surface area contributed by atoms with Gasteiger partial charge in [0.15, 0.2) is 0 Å². The van der Waals surface area contributed by atoms with Crippen molar-refractivity contribution in [2.75, 3.05) is 6.54 Å². The first-order chi connectivity index (χ1) is 17.5. The molecule has 1 aliphatic carbocycles. The summed E-state index contributed by atoms with van der Waals surface area (Å²) in [5.41, 5.74) is 2.21. The summed E-state index contributed by atoms with van der Waals surface area (Å²) >= 11 is 0. The maximum absolute atomic E-state index is 13.3. The first kappa shape index (κ1) is 25.3. The molecule has 2 aromatic heterocycles. The SMILES string of the molecule is C[C@]1(C(=O)O)CC[C@@H](CC(=O)N2CCc3c(n(Cc4ccc(C(F)(F)F)cc4)c4ncccc34)C2)CC1. The van der Waals surface area contributed by atoms with E-state index in [9.17, 15) is 27.9 Å². The molecule has 0 spiro atoms. The average molecular weight is 514 g/mol. The van der Waals surface area contributed by atoms with E-state index in [0.29, 0.717) is 45.3 Å². The van der Waals surface area contributed by atoms with Crippen molar-refractivity contribution < 1.29 is 27.9 Å². The molecule has 5 rings (SSSR count). The number of carbonyl (C=O) groups is 2. The highest BCUT2D eigenvalue weighted by molar-refractivity contribution is 5.84. The first-order valence-corrected chi connectivity index (χ1v) is 12.7. The van der Waals surface area contributed by atoms with Gasteiger partial charge in [0.25, 0.3) is 0 Å². The Kier molecular flexibility index (Phi) is 6.50. The predicted molar refractivity (Wildman–Crippen MR) is 132 cm³/mol. The minimum Gasteiger partial charge on any atom is -0.481 e. The number of halogens is 3. The van der Waals surface area contributed by atoms with E-state index in [1.807, 2.05) is 21.6 Å². The van der Waals surface area contributed by atoms with E-state index >= 15 is 0 Å². The molecule has 1 aromatic carbocycles. The standard InChI is InChI=1S/C28H30F3N3O3/c1-27(26(36)37)11-8-18(9-12-27)15-24(35)33-14-10-21-22-3-2-13-32-25(22)34(23(21)17-33)16-19-4-6-20(7-5-19)28(29,30)31/h2-7,13,18H,8-12,14-17H2,1H3,(H,36,37)/t18-,27+. The van der Waals surface area contributed by atoms with Gasteiger partial charge < -0.3 is 14.6 Å². The number of amides is 1. The molecule has 1 saturated carbocycles. The average Bonchev–Trinajstić information content (AvgIpc) is 3.18. The van der Waals surface area contributed by atoms with E-state index in [1.54, 1.807) is 13.1 Å². The number of hydrogen-bond acceptors (Lipinski definition) is 3. The van der Waals surface area contributed by atoms with E-state index in [0.717, 1.165) is 52.8 Å². The number of carbonyl (C=O) groups excluding carboxylic acids is 1. The van der Waals surface area contributed by atoms with Gasteiger partial charge in [0.1, 0.15) is 5.65 Å². The second-order valence-electron chi connectivity index (χ2n) is 10.7. The number of alkyl halides is 3. The Morgan fingerprint density at radius 2 is 1.84 bits per heavy atom. The summed E-state index contributed by atoms with van der Waals surface area (Å²) in [5, 5.41) is 10.5. The number of benzene rings is 1. The third-order valence-electron chi connectivity index (χ3n) is 8.18. The Bertz CT molecular complexity index is 1320. The van der Waals surface area contributed by atoms with Crippen LogP contribution in [0.1, 0.15) is 61.4 Å². The van der Waals surface area contributed by atoms with E-state index in [2.05, 4.69) is 4.98 Å². The molecule has 37 heavy (non-hydrogen) atoms. The molecule has 1 amide bonds. The largest absolute Gasteiger partial charge is 0.481 e. The molecular formula is C28H30F3N3O3. The van der Waals surface area contributed by atoms with Crippen molar-refractivity contribution in [2.45, 2.75) is 64.7 Å². The fraction of sp³-hybridized carbons (Fsp3) is 0.464. The lowest BCUT2D eigenvalue weighted by Crippen LogP contribution is -2.39. The first-order valence-electron chi connectivity index (χ1n) is 12.7. The predicted octanol–water partition coefficient (Wildman–Crippen LogP) is 5.66. The summed E-state index contributed by atoms with van der Waals surface area (Å²) < 4.78 is 41.1. The quantitative estimate of drug-likeness (QED) is 0.478. The van der Waals surface area contributed by atoms with Crippen molar-refractivity contribution in [3.05, 3.63) is 65.0 Å². The third kappa shape index (κ3) is 4.95. The number of aromatic nitrogens is 2. The van der Waals surface area contributed by atoms with Crippen molar-refractivity contribution in [3.63, 3.8) is 0 Å². The molecule has 0 bridgehead atoms. The van der Waals surface area contributed by atoms with E-state index < -0.39 is 23.1 Å². The van der Waals surface area contributed by atoms with Gasteiger partial charge >= 0.3 is 12.1 Å². The summed E-state index contributed by atoms with van der Waals surface area (Å²) in [5.74, 6) is -0.523. The number of fused-ring (bicyclic) bond motifs is 3. The van der Waals surface area contributed by atoms with Crippen LogP contribution >= 0.6 is 0 Å². The highest BCUT2D eigenvalue weighted by Gasteiger charge is 2.38. The molecule has 0 saturated heterocycles. The summed E-state index contributed by atoms with van der Waals surface area (Å²) in [6.45, 7) is 3.16. The van der Waals surface area contributed by atoms with Crippen LogP contribution in [-0.2, 0) is 35.3 Å². The highest BCUT2D eigenvalue weighted by Crippen LogP contribution is 2.40. The molecule has 0 atom stereocenters. The van der Waals surface area contributed by atoms with Crippen molar-refractivity contribution >= 4 is 22.9 Å². The lowest BCUT2D eigenvalue weighted by Gasteiger charge is -2.35. The molecule has 0 radical (unpaired) electrons. The molecule has 0 unspecified atom stereocenters. The number of aliphatic carboxylic acids is 1. The molecular weight excluding hydrogens is 483 g/mol. The van der Waals surface area contributed by atoms with Crippen LogP contribution in [0.5, 0.6) is 0 Å². The normalized spacial score (nSPS) is 22.2.